The van der Waals surface area contributed by atoms with E-state index in [4.69, 9.17) is 0 Å². The molecule has 0 saturated carbocycles. The maximum absolute atomic E-state index is 2.32. The zero-order valence-electron chi connectivity index (χ0n) is 18.0. The van der Waals surface area contributed by atoms with Crippen molar-refractivity contribution in [1.82, 2.24) is 0 Å². The fraction of sp³-hybridized carbons (Fsp3) is 0.172. The van der Waals surface area contributed by atoms with Crippen LogP contribution in [0.3, 0.4) is 0 Å². The van der Waals surface area contributed by atoms with E-state index < -0.39 is 0 Å². The molecule has 0 aliphatic rings. The van der Waals surface area contributed by atoms with E-state index in [0.717, 1.165) is 19.3 Å². The molecule has 0 aliphatic carbocycles. The standard InChI is InChI=1S/C26H23.C3H7.Zr/c1-4-10-21(11-5-1)18-24-16-17-25(19-22-12-6-2-7-13-22)26(24)20-23-14-8-3-9-15-23;1-3-2;/h1-17H,18-20H2;3H,1-2H3;/q2*-1;+2. The Hall–Kier alpha value is -2.11. The third-order valence-corrected chi connectivity index (χ3v) is 4.96. The molecular formula is C29H30Zr. The molecule has 0 amide bonds. The summed E-state index contributed by atoms with van der Waals surface area (Å²) in [6.45, 7) is 4.00. The first-order valence-electron chi connectivity index (χ1n) is 10.4. The summed E-state index contributed by atoms with van der Waals surface area (Å²) < 4.78 is 0. The molecule has 4 aromatic rings. The van der Waals surface area contributed by atoms with Crippen molar-refractivity contribution in [1.29, 1.82) is 0 Å². The van der Waals surface area contributed by atoms with Gasteiger partial charge in [0.15, 0.2) is 0 Å². The van der Waals surface area contributed by atoms with Crippen molar-refractivity contribution in [3.8, 4) is 0 Å². The molecule has 0 atom stereocenters. The maximum atomic E-state index is 2.32. The van der Waals surface area contributed by atoms with Crippen LogP contribution in [0.5, 0.6) is 0 Å². The summed E-state index contributed by atoms with van der Waals surface area (Å²) >= 11 is 0. The molecule has 0 N–H and O–H groups in total. The molecule has 0 heterocycles. The van der Waals surface area contributed by atoms with E-state index in [2.05, 4.69) is 103 Å². The largest absolute Gasteiger partial charge is 2.00 e. The van der Waals surface area contributed by atoms with Crippen LogP contribution in [0.4, 0.5) is 0 Å². The molecule has 0 radical (unpaired) electrons. The topological polar surface area (TPSA) is 0 Å². The smallest absolute Gasteiger partial charge is 0.335 e. The van der Waals surface area contributed by atoms with Crippen LogP contribution >= 0.6 is 0 Å². The van der Waals surface area contributed by atoms with Gasteiger partial charge in [0.25, 0.3) is 0 Å². The van der Waals surface area contributed by atoms with Crippen molar-refractivity contribution in [2.24, 2.45) is 0 Å². The molecule has 0 unspecified atom stereocenters. The Morgan fingerprint density at radius 2 is 1.03 bits per heavy atom. The summed E-state index contributed by atoms with van der Waals surface area (Å²) in [5, 5.41) is 0. The van der Waals surface area contributed by atoms with E-state index in [9.17, 15) is 0 Å². The predicted molar refractivity (Wildman–Crippen MR) is 125 cm³/mol. The van der Waals surface area contributed by atoms with Gasteiger partial charge in [0, 0.05) is 0 Å². The fourth-order valence-electron chi connectivity index (χ4n) is 3.60. The minimum Gasteiger partial charge on any atom is -0.335 e. The van der Waals surface area contributed by atoms with Crippen LogP contribution in [0.1, 0.15) is 47.2 Å². The van der Waals surface area contributed by atoms with Gasteiger partial charge in [0.2, 0.25) is 0 Å². The summed E-state index contributed by atoms with van der Waals surface area (Å²) in [5.74, 6) is 0. The summed E-state index contributed by atoms with van der Waals surface area (Å²) in [5.41, 5.74) is 8.51. The van der Waals surface area contributed by atoms with Gasteiger partial charge in [0.05, 0.1) is 0 Å². The van der Waals surface area contributed by atoms with Crippen LogP contribution in [0.2, 0.25) is 0 Å². The van der Waals surface area contributed by atoms with Crippen LogP contribution in [-0.2, 0) is 45.5 Å². The summed E-state index contributed by atoms with van der Waals surface area (Å²) in [4.78, 5) is 0. The van der Waals surface area contributed by atoms with Gasteiger partial charge in [-0.3, -0.25) is 0 Å². The monoisotopic (exact) mass is 468 g/mol. The van der Waals surface area contributed by atoms with Crippen molar-refractivity contribution in [3.63, 3.8) is 0 Å². The van der Waals surface area contributed by atoms with Gasteiger partial charge >= 0.3 is 26.2 Å². The number of rotatable bonds is 6. The van der Waals surface area contributed by atoms with E-state index >= 15 is 0 Å². The van der Waals surface area contributed by atoms with Crippen LogP contribution in [0.25, 0.3) is 0 Å². The molecule has 30 heavy (non-hydrogen) atoms. The first-order chi connectivity index (χ1) is 14.3. The first kappa shape index (κ1) is 24.2. The molecule has 4 aromatic carbocycles. The SMILES string of the molecule is C[CH-]C.[Zr+2].c1ccc(Cc2cc[c-](Cc3ccccc3)c2Cc2ccccc2)cc1. The van der Waals surface area contributed by atoms with Gasteiger partial charge in [-0.15, -0.1) is 5.56 Å². The van der Waals surface area contributed by atoms with Gasteiger partial charge in [-0.1, -0.05) is 109 Å². The molecule has 0 fully saturated rings. The third-order valence-electron chi connectivity index (χ3n) is 4.96. The van der Waals surface area contributed by atoms with Crippen LogP contribution in [-0.4, -0.2) is 0 Å². The van der Waals surface area contributed by atoms with Crippen molar-refractivity contribution in [2.45, 2.75) is 33.1 Å². The number of hydrogen-bond donors (Lipinski definition) is 0. The second-order valence-corrected chi connectivity index (χ2v) is 7.43. The zero-order valence-corrected chi connectivity index (χ0v) is 20.5. The quantitative estimate of drug-likeness (QED) is 0.258. The molecule has 0 bridgehead atoms. The Kier molecular flexibility index (Phi) is 10.7. The number of hydrogen-bond acceptors (Lipinski definition) is 0. The van der Waals surface area contributed by atoms with Crippen molar-refractivity contribution < 1.29 is 26.2 Å². The van der Waals surface area contributed by atoms with E-state index in [-0.39, 0.29) is 26.2 Å². The van der Waals surface area contributed by atoms with E-state index in [0.29, 0.717) is 0 Å². The zero-order chi connectivity index (χ0) is 20.3. The van der Waals surface area contributed by atoms with E-state index in [1.165, 1.54) is 33.4 Å². The summed E-state index contributed by atoms with van der Waals surface area (Å²) in [6, 6.07) is 37.0. The average Bonchev–Trinajstić information content (AvgIpc) is 3.12. The number of benzene rings is 3. The van der Waals surface area contributed by atoms with E-state index in [1.807, 2.05) is 20.3 Å². The molecule has 0 saturated heterocycles. The molecule has 0 aromatic heterocycles. The van der Waals surface area contributed by atoms with Gasteiger partial charge in [-0.2, -0.15) is 31.0 Å². The van der Waals surface area contributed by atoms with Crippen LogP contribution in [0.15, 0.2) is 103 Å². The van der Waals surface area contributed by atoms with Gasteiger partial charge in [-0.25, -0.2) is 6.07 Å². The van der Waals surface area contributed by atoms with E-state index in [1.54, 1.807) is 0 Å². The normalized spacial score (nSPS) is 9.93. The van der Waals surface area contributed by atoms with Crippen LogP contribution < -0.4 is 0 Å². The van der Waals surface area contributed by atoms with Gasteiger partial charge < -0.3 is 6.42 Å². The summed E-state index contributed by atoms with van der Waals surface area (Å²) in [6.07, 6.45) is 4.99. The second-order valence-electron chi connectivity index (χ2n) is 7.43. The molecule has 150 valence electrons. The molecular weight excluding hydrogens is 440 g/mol. The fourth-order valence-corrected chi connectivity index (χ4v) is 3.60. The maximum Gasteiger partial charge on any atom is 2.00 e. The van der Waals surface area contributed by atoms with Crippen molar-refractivity contribution >= 4 is 0 Å². The Bertz CT molecular complexity index is 894. The Morgan fingerprint density at radius 1 is 0.600 bits per heavy atom. The van der Waals surface area contributed by atoms with Gasteiger partial charge in [-0.05, 0) is 18.4 Å². The minimum atomic E-state index is 0. The Balaban J connectivity index is 0.000000757. The molecule has 4 rings (SSSR count). The summed E-state index contributed by atoms with van der Waals surface area (Å²) in [7, 11) is 0. The first-order valence-corrected chi connectivity index (χ1v) is 10.4. The van der Waals surface area contributed by atoms with Crippen molar-refractivity contribution in [3.05, 3.63) is 143 Å². The minimum absolute atomic E-state index is 0. The van der Waals surface area contributed by atoms with Crippen molar-refractivity contribution in [2.75, 3.05) is 0 Å². The Morgan fingerprint density at radius 3 is 1.53 bits per heavy atom. The molecule has 1 heteroatoms. The Labute approximate surface area is 201 Å². The molecule has 0 nitrogen and oxygen atoms in total. The molecule has 0 spiro atoms. The predicted octanol–water partition coefficient (Wildman–Crippen LogP) is 7.41. The third kappa shape index (κ3) is 7.30. The second kappa shape index (κ2) is 13.2. The van der Waals surface area contributed by atoms with Crippen LogP contribution in [0, 0.1) is 6.42 Å². The average molecular weight is 470 g/mol. The van der Waals surface area contributed by atoms with Gasteiger partial charge in [0.1, 0.15) is 0 Å². The molecule has 0 aliphatic heterocycles.